The van der Waals surface area contributed by atoms with Gasteiger partial charge in [0.25, 0.3) is 5.69 Å². The van der Waals surface area contributed by atoms with E-state index in [0.717, 1.165) is 0 Å². The minimum Gasteiger partial charge on any atom is -0.258 e. The van der Waals surface area contributed by atoms with Gasteiger partial charge in [-0.3, -0.25) is 10.1 Å². The van der Waals surface area contributed by atoms with Gasteiger partial charge in [0.05, 0.1) is 20.0 Å². The summed E-state index contributed by atoms with van der Waals surface area (Å²) < 4.78 is 0. The summed E-state index contributed by atoms with van der Waals surface area (Å²) >= 11 is 17.8. The quantitative estimate of drug-likeness (QED) is 0.444. The summed E-state index contributed by atoms with van der Waals surface area (Å²) in [6, 6.07) is 10.3. The van der Waals surface area contributed by atoms with Crippen molar-refractivity contribution < 1.29 is 4.92 Å². The Hall–Kier alpha value is -1.29. The highest BCUT2D eigenvalue weighted by atomic mass is 35.5. The highest BCUT2D eigenvalue weighted by Crippen LogP contribution is 2.37. The molecular formula is C12H5Cl3NO2. The van der Waals surface area contributed by atoms with E-state index in [4.69, 9.17) is 34.8 Å². The SMILES string of the molecule is O=[N+]([O-])c1ccc(-c2c[c]c(Cl)c(Cl)c2Cl)cc1. The Bertz CT molecular complexity index is 611. The van der Waals surface area contributed by atoms with Crippen LogP contribution in [0, 0.1) is 16.2 Å². The number of nitrogens with zero attached hydrogens (tertiary/aromatic N) is 1. The molecule has 91 valence electrons. The summed E-state index contributed by atoms with van der Waals surface area (Å²) in [7, 11) is 0. The Balaban J connectivity index is 2.49. The van der Waals surface area contributed by atoms with Crippen LogP contribution in [0.25, 0.3) is 11.1 Å². The molecule has 0 aliphatic carbocycles. The molecule has 2 aromatic carbocycles. The number of nitro groups is 1. The monoisotopic (exact) mass is 300 g/mol. The number of nitro benzene ring substituents is 1. The lowest BCUT2D eigenvalue weighted by molar-refractivity contribution is -0.384. The Kier molecular flexibility index (Phi) is 3.76. The zero-order valence-corrected chi connectivity index (χ0v) is 11.1. The summed E-state index contributed by atoms with van der Waals surface area (Å²) in [5.41, 5.74) is 1.35. The lowest BCUT2D eigenvalue weighted by Gasteiger charge is -2.06. The van der Waals surface area contributed by atoms with Crippen molar-refractivity contribution in [3.63, 3.8) is 0 Å². The number of rotatable bonds is 2. The van der Waals surface area contributed by atoms with E-state index in [1.54, 1.807) is 18.2 Å². The van der Waals surface area contributed by atoms with Crippen LogP contribution in [0.15, 0.2) is 30.3 Å². The van der Waals surface area contributed by atoms with E-state index in [9.17, 15) is 10.1 Å². The summed E-state index contributed by atoms with van der Waals surface area (Å²) in [5.74, 6) is 0. The normalized spacial score (nSPS) is 10.4. The molecule has 0 N–H and O–H groups in total. The molecule has 0 fully saturated rings. The minimum atomic E-state index is -0.466. The molecule has 0 aliphatic rings. The van der Waals surface area contributed by atoms with Crippen molar-refractivity contribution >= 4 is 40.5 Å². The molecule has 0 unspecified atom stereocenters. The molecule has 2 rings (SSSR count). The van der Waals surface area contributed by atoms with Crippen molar-refractivity contribution in [3.05, 3.63) is 61.6 Å². The molecule has 0 aromatic heterocycles. The third-order valence-corrected chi connectivity index (χ3v) is 3.62. The van der Waals surface area contributed by atoms with Gasteiger partial charge in [-0.15, -0.1) is 0 Å². The lowest BCUT2D eigenvalue weighted by Crippen LogP contribution is -1.88. The number of halogens is 3. The van der Waals surface area contributed by atoms with Crippen LogP contribution in [-0.4, -0.2) is 4.92 Å². The van der Waals surface area contributed by atoms with Gasteiger partial charge in [-0.1, -0.05) is 34.8 Å². The first kappa shape index (κ1) is 13.1. The van der Waals surface area contributed by atoms with E-state index >= 15 is 0 Å². The first-order valence-electron chi connectivity index (χ1n) is 4.80. The molecule has 0 spiro atoms. The first-order chi connectivity index (χ1) is 8.50. The zero-order valence-electron chi connectivity index (χ0n) is 8.78. The third-order valence-electron chi connectivity index (χ3n) is 2.35. The summed E-state index contributed by atoms with van der Waals surface area (Å²) in [5, 5.41) is 11.3. The number of hydrogen-bond donors (Lipinski definition) is 0. The maximum Gasteiger partial charge on any atom is 0.269 e. The topological polar surface area (TPSA) is 43.1 Å². The van der Waals surface area contributed by atoms with Gasteiger partial charge in [0.1, 0.15) is 0 Å². The van der Waals surface area contributed by atoms with Crippen LogP contribution in [0.2, 0.25) is 15.1 Å². The Morgan fingerprint density at radius 3 is 2.22 bits per heavy atom. The summed E-state index contributed by atoms with van der Waals surface area (Å²) in [6.07, 6.45) is 0. The van der Waals surface area contributed by atoms with Crippen LogP contribution < -0.4 is 0 Å². The third kappa shape index (κ3) is 2.43. The molecule has 2 aromatic rings. The second-order valence-corrected chi connectivity index (χ2v) is 4.58. The summed E-state index contributed by atoms with van der Waals surface area (Å²) in [6.45, 7) is 0. The highest BCUT2D eigenvalue weighted by molar-refractivity contribution is 6.49. The van der Waals surface area contributed by atoms with Crippen molar-refractivity contribution in [1.82, 2.24) is 0 Å². The molecular weight excluding hydrogens is 296 g/mol. The van der Waals surface area contributed by atoms with E-state index in [-0.39, 0.29) is 15.7 Å². The largest absolute Gasteiger partial charge is 0.269 e. The van der Waals surface area contributed by atoms with Gasteiger partial charge < -0.3 is 0 Å². The second-order valence-electron chi connectivity index (χ2n) is 3.45. The fourth-order valence-electron chi connectivity index (χ4n) is 1.45. The van der Waals surface area contributed by atoms with Crippen molar-refractivity contribution in [2.75, 3.05) is 0 Å². The fraction of sp³-hybridized carbons (Fsp3) is 0. The molecule has 0 atom stereocenters. The van der Waals surface area contributed by atoms with E-state index in [1.807, 2.05) is 0 Å². The maximum absolute atomic E-state index is 10.5. The van der Waals surface area contributed by atoms with Crippen LogP contribution in [-0.2, 0) is 0 Å². The molecule has 0 saturated carbocycles. The Morgan fingerprint density at radius 1 is 1.06 bits per heavy atom. The highest BCUT2D eigenvalue weighted by Gasteiger charge is 2.12. The van der Waals surface area contributed by atoms with Gasteiger partial charge in [-0.25, -0.2) is 0 Å². The average molecular weight is 302 g/mol. The molecule has 0 heterocycles. The van der Waals surface area contributed by atoms with Crippen LogP contribution in [0.4, 0.5) is 5.69 Å². The standard InChI is InChI=1S/C12H5Cl3NO2/c13-10-6-5-9(11(14)12(10)15)7-1-3-8(4-2-7)16(17)18/h1-5H. The van der Waals surface area contributed by atoms with Gasteiger partial charge >= 0.3 is 0 Å². The smallest absolute Gasteiger partial charge is 0.258 e. The zero-order chi connectivity index (χ0) is 13.3. The van der Waals surface area contributed by atoms with Crippen molar-refractivity contribution in [3.8, 4) is 11.1 Å². The average Bonchev–Trinajstić information content (AvgIpc) is 2.36. The van der Waals surface area contributed by atoms with Crippen LogP contribution >= 0.6 is 34.8 Å². The predicted octanol–water partition coefficient (Wildman–Crippen LogP) is 5.02. The van der Waals surface area contributed by atoms with Gasteiger partial charge in [-0.2, -0.15) is 0 Å². The van der Waals surface area contributed by atoms with Gasteiger partial charge in [0.15, 0.2) is 0 Å². The van der Waals surface area contributed by atoms with Crippen molar-refractivity contribution in [2.24, 2.45) is 0 Å². The molecule has 0 aliphatic heterocycles. The Labute approximate surface area is 118 Å². The maximum atomic E-state index is 10.5. The van der Waals surface area contributed by atoms with Crippen molar-refractivity contribution in [2.45, 2.75) is 0 Å². The number of benzene rings is 2. The van der Waals surface area contributed by atoms with Crippen molar-refractivity contribution in [1.29, 1.82) is 0 Å². The fourth-order valence-corrected chi connectivity index (χ4v) is 2.06. The first-order valence-corrected chi connectivity index (χ1v) is 5.94. The molecule has 3 nitrogen and oxygen atoms in total. The minimum absolute atomic E-state index is 0.0129. The molecule has 0 saturated heterocycles. The molecule has 0 bridgehead atoms. The van der Waals surface area contributed by atoms with E-state index in [0.29, 0.717) is 16.1 Å². The molecule has 1 radical (unpaired) electrons. The molecule has 18 heavy (non-hydrogen) atoms. The van der Waals surface area contributed by atoms with Crippen LogP contribution in [0.1, 0.15) is 0 Å². The van der Waals surface area contributed by atoms with Gasteiger partial charge in [-0.05, 0) is 23.8 Å². The summed E-state index contributed by atoms with van der Waals surface area (Å²) in [4.78, 5) is 10.1. The van der Waals surface area contributed by atoms with E-state index in [1.165, 1.54) is 12.1 Å². The Morgan fingerprint density at radius 2 is 1.67 bits per heavy atom. The molecule has 6 heteroatoms. The van der Waals surface area contributed by atoms with Crippen LogP contribution in [0.5, 0.6) is 0 Å². The lowest BCUT2D eigenvalue weighted by atomic mass is 10.1. The molecule has 0 amide bonds. The van der Waals surface area contributed by atoms with Gasteiger partial charge in [0.2, 0.25) is 0 Å². The van der Waals surface area contributed by atoms with Crippen LogP contribution in [0.3, 0.4) is 0 Å². The predicted molar refractivity (Wildman–Crippen MR) is 72.4 cm³/mol. The van der Waals surface area contributed by atoms with E-state index in [2.05, 4.69) is 6.07 Å². The second kappa shape index (κ2) is 5.14. The number of non-ortho nitro benzene ring substituents is 1. The van der Waals surface area contributed by atoms with E-state index < -0.39 is 4.92 Å². The number of hydrogen-bond acceptors (Lipinski definition) is 2. The van der Waals surface area contributed by atoms with Gasteiger partial charge in [0, 0.05) is 23.8 Å².